The van der Waals surface area contributed by atoms with Gasteiger partial charge in [0.15, 0.2) is 5.71 Å². The fourth-order valence-electron chi connectivity index (χ4n) is 4.96. The van der Waals surface area contributed by atoms with Crippen molar-refractivity contribution in [1.29, 1.82) is 0 Å². The predicted molar refractivity (Wildman–Crippen MR) is 121 cm³/mol. The molecule has 5 rings (SSSR count). The maximum atomic E-state index is 13.5. The fraction of sp³-hybridized carbons (Fsp3) is 0.231. The summed E-state index contributed by atoms with van der Waals surface area (Å²) in [6.45, 7) is 7.07. The lowest BCUT2D eigenvalue weighted by molar-refractivity contribution is -0.401. The van der Waals surface area contributed by atoms with Crippen molar-refractivity contribution in [3.63, 3.8) is 0 Å². The number of allylic oxidation sites excluding steroid dienone is 3. The quantitative estimate of drug-likeness (QED) is 0.474. The summed E-state index contributed by atoms with van der Waals surface area (Å²) in [4.78, 5) is 13.5. The largest absolute Gasteiger partial charge is 0.506 e. The second-order valence-electron chi connectivity index (χ2n) is 8.09. The molecule has 0 atom stereocenters. The number of benzene rings is 2. The molecule has 0 saturated carbocycles. The third-order valence-corrected chi connectivity index (χ3v) is 6.51. The number of carbonyl (C=O) groups is 1. The van der Waals surface area contributed by atoms with E-state index in [0.717, 1.165) is 57.7 Å². The van der Waals surface area contributed by atoms with Crippen LogP contribution in [-0.2, 0) is 11.3 Å². The van der Waals surface area contributed by atoms with Gasteiger partial charge < -0.3 is 9.67 Å². The van der Waals surface area contributed by atoms with Crippen molar-refractivity contribution in [3.05, 3.63) is 76.7 Å². The number of aryl methyl sites for hydroxylation is 1. The first-order chi connectivity index (χ1) is 14.5. The van der Waals surface area contributed by atoms with E-state index in [1.165, 1.54) is 0 Å². The average Bonchev–Trinajstić information content (AvgIpc) is 3.16. The van der Waals surface area contributed by atoms with Gasteiger partial charge in [0.25, 0.3) is 0 Å². The van der Waals surface area contributed by atoms with Crippen LogP contribution in [0.25, 0.3) is 22.0 Å². The van der Waals surface area contributed by atoms with E-state index in [2.05, 4.69) is 22.1 Å². The van der Waals surface area contributed by atoms with Gasteiger partial charge in [-0.1, -0.05) is 37.3 Å². The normalized spacial score (nSPS) is 18.5. The Balaban J connectivity index is 1.77. The summed E-state index contributed by atoms with van der Waals surface area (Å²) in [6.07, 6.45) is 1.00. The Morgan fingerprint density at radius 2 is 1.67 bits per heavy atom. The van der Waals surface area contributed by atoms with Crippen molar-refractivity contribution in [3.8, 4) is 0 Å². The molecule has 2 aromatic carbocycles. The van der Waals surface area contributed by atoms with Crippen LogP contribution in [0.1, 0.15) is 37.1 Å². The maximum absolute atomic E-state index is 13.5. The third kappa shape index (κ3) is 2.28. The van der Waals surface area contributed by atoms with Crippen LogP contribution in [0.5, 0.6) is 0 Å². The number of hydrogen-bond donors (Lipinski definition) is 1. The van der Waals surface area contributed by atoms with Gasteiger partial charge in [-0.3, -0.25) is 4.79 Å². The maximum Gasteiger partial charge on any atom is 0.213 e. The Bertz CT molecular complexity index is 1350. The number of hydrogen-bond acceptors (Lipinski definition) is 2. The number of aliphatic hydroxyl groups excluding tert-OH is 1. The number of para-hydroxylation sites is 2. The zero-order valence-corrected chi connectivity index (χ0v) is 17.8. The van der Waals surface area contributed by atoms with Crippen molar-refractivity contribution in [2.75, 3.05) is 7.05 Å². The zero-order chi connectivity index (χ0) is 21.2. The first-order valence-electron chi connectivity index (χ1n) is 10.4. The van der Waals surface area contributed by atoms with Crippen LogP contribution in [0.2, 0.25) is 0 Å². The number of nitrogens with zero attached hydrogens (tertiary/aromatic N) is 2. The smallest absolute Gasteiger partial charge is 0.213 e. The zero-order valence-electron chi connectivity index (χ0n) is 17.8. The first kappa shape index (κ1) is 18.6. The molecule has 0 unspecified atom stereocenters. The molecule has 0 saturated heterocycles. The van der Waals surface area contributed by atoms with Gasteiger partial charge in [-0.05, 0) is 25.5 Å². The van der Waals surface area contributed by atoms with Gasteiger partial charge in [0.1, 0.15) is 12.8 Å². The minimum atomic E-state index is -0.0746. The summed E-state index contributed by atoms with van der Waals surface area (Å²) in [6, 6.07) is 16.2. The molecule has 0 amide bonds. The van der Waals surface area contributed by atoms with E-state index in [4.69, 9.17) is 0 Å². The highest BCUT2D eigenvalue weighted by Crippen LogP contribution is 2.47. The summed E-state index contributed by atoms with van der Waals surface area (Å²) in [5.41, 5.74) is 7.76. The summed E-state index contributed by atoms with van der Waals surface area (Å²) >= 11 is 0. The van der Waals surface area contributed by atoms with E-state index in [-0.39, 0.29) is 11.5 Å². The fourth-order valence-corrected chi connectivity index (χ4v) is 4.96. The number of ketones is 1. The van der Waals surface area contributed by atoms with Crippen LogP contribution in [-0.4, -0.2) is 32.8 Å². The highest BCUT2D eigenvalue weighted by atomic mass is 16.3. The molecule has 4 nitrogen and oxygen atoms in total. The molecule has 0 fully saturated rings. The van der Waals surface area contributed by atoms with Gasteiger partial charge in [-0.2, -0.15) is 4.58 Å². The van der Waals surface area contributed by atoms with Crippen LogP contribution in [0.15, 0.2) is 59.9 Å². The first-order valence-corrected chi connectivity index (χ1v) is 10.4. The molecule has 1 aliphatic carbocycles. The predicted octanol–water partition coefficient (Wildman–Crippen LogP) is 5.41. The Labute approximate surface area is 176 Å². The molecule has 0 bridgehead atoms. The number of aromatic nitrogens is 1. The van der Waals surface area contributed by atoms with E-state index >= 15 is 0 Å². The molecule has 1 aromatic heterocycles. The molecular formula is C26H25N2O2+. The van der Waals surface area contributed by atoms with Crippen molar-refractivity contribution in [1.82, 2.24) is 4.57 Å². The number of carbonyl (C=O) groups excluding carboxylic acids is 1. The van der Waals surface area contributed by atoms with Crippen molar-refractivity contribution >= 4 is 39.2 Å². The Kier molecular flexibility index (Phi) is 4.07. The lowest BCUT2D eigenvalue weighted by Gasteiger charge is -2.23. The van der Waals surface area contributed by atoms with Crippen LogP contribution in [0, 0.1) is 6.92 Å². The topological polar surface area (TPSA) is 45.2 Å². The van der Waals surface area contributed by atoms with Gasteiger partial charge >= 0.3 is 0 Å². The van der Waals surface area contributed by atoms with E-state index < -0.39 is 0 Å². The minimum absolute atomic E-state index is 0.0746. The number of aliphatic hydroxyl groups is 1. The molecule has 1 aliphatic heterocycles. The summed E-state index contributed by atoms with van der Waals surface area (Å²) in [5, 5.41) is 12.2. The van der Waals surface area contributed by atoms with E-state index in [9.17, 15) is 9.90 Å². The Morgan fingerprint density at radius 3 is 2.40 bits per heavy atom. The number of fused-ring (bicyclic) bond motifs is 2. The minimum Gasteiger partial charge on any atom is -0.506 e. The number of Topliss-reactive ketones (excluding diaryl/α,β-unsaturated/α-hetero) is 1. The molecule has 1 N–H and O–H groups in total. The monoisotopic (exact) mass is 397 g/mol. The van der Waals surface area contributed by atoms with Crippen molar-refractivity contribution in [2.24, 2.45) is 0 Å². The second-order valence-corrected chi connectivity index (χ2v) is 8.09. The summed E-state index contributed by atoms with van der Waals surface area (Å²) in [7, 11) is 2.00. The second kappa shape index (κ2) is 6.56. The van der Waals surface area contributed by atoms with Crippen molar-refractivity contribution < 1.29 is 14.5 Å². The molecular weight excluding hydrogens is 372 g/mol. The van der Waals surface area contributed by atoms with Crippen molar-refractivity contribution in [2.45, 2.75) is 33.7 Å². The molecule has 30 heavy (non-hydrogen) atoms. The number of rotatable bonds is 3. The summed E-state index contributed by atoms with van der Waals surface area (Å²) in [5.74, 6) is 0.0383. The highest BCUT2D eigenvalue weighted by molar-refractivity contribution is 6.47. The van der Waals surface area contributed by atoms with E-state index in [1.54, 1.807) is 0 Å². The average molecular weight is 397 g/mol. The Hall–Kier alpha value is -3.40. The third-order valence-electron chi connectivity index (χ3n) is 6.51. The summed E-state index contributed by atoms with van der Waals surface area (Å²) < 4.78 is 4.33. The molecule has 0 radical (unpaired) electrons. The highest BCUT2D eigenvalue weighted by Gasteiger charge is 2.44. The molecule has 150 valence electrons. The van der Waals surface area contributed by atoms with Crippen LogP contribution < -0.4 is 0 Å². The molecule has 2 aliphatic rings. The van der Waals surface area contributed by atoms with Gasteiger partial charge in [0.05, 0.1) is 22.3 Å². The lowest BCUT2D eigenvalue weighted by atomic mass is 9.78. The van der Waals surface area contributed by atoms with Crippen LogP contribution >= 0.6 is 0 Å². The lowest BCUT2D eigenvalue weighted by Crippen LogP contribution is -2.24. The van der Waals surface area contributed by atoms with Gasteiger partial charge in [-0.15, -0.1) is 0 Å². The van der Waals surface area contributed by atoms with Gasteiger partial charge in [0, 0.05) is 41.7 Å². The van der Waals surface area contributed by atoms with E-state index in [1.807, 2.05) is 63.4 Å². The Morgan fingerprint density at radius 1 is 0.967 bits per heavy atom. The molecule has 3 aromatic rings. The van der Waals surface area contributed by atoms with Crippen LogP contribution in [0.4, 0.5) is 5.69 Å². The van der Waals surface area contributed by atoms with Crippen LogP contribution in [0.3, 0.4) is 0 Å². The van der Waals surface area contributed by atoms with E-state index in [0.29, 0.717) is 11.1 Å². The van der Waals surface area contributed by atoms with Gasteiger partial charge in [0.2, 0.25) is 11.5 Å². The standard InChI is InChI=1S/C26H24N2O2/c1-5-14-28-16(3)22(18-11-7-9-13-20(18)28)24-25(29)23(26(24)30)21-15(2)27(4)19-12-8-6-10-17(19)21/h6-13H,5,14H2,1-4H3/p+1. The molecule has 4 heteroatoms. The molecule has 0 spiro atoms. The molecule has 2 heterocycles. The SMILES string of the molecule is CCCn1c(C)c(C2=C(O)C(=C3C(C)=[N+](C)c4ccccc43)C2=O)c2ccccc21. The van der Waals surface area contributed by atoms with Gasteiger partial charge in [-0.25, -0.2) is 0 Å².